The fourth-order valence-electron chi connectivity index (χ4n) is 6.83. The van der Waals surface area contributed by atoms with E-state index in [0.29, 0.717) is 29.2 Å². The summed E-state index contributed by atoms with van der Waals surface area (Å²) in [6.07, 6.45) is 1.69. The van der Waals surface area contributed by atoms with Gasteiger partial charge in [-0.2, -0.15) is 8.42 Å². The number of amides is 3. The lowest BCUT2D eigenvalue weighted by atomic mass is 9.85. The monoisotopic (exact) mass is 711 g/mol. The molecule has 0 radical (unpaired) electrons. The summed E-state index contributed by atoms with van der Waals surface area (Å²) in [7, 11) is -3.00. The maximum Gasteiger partial charge on any atom is 0.408 e. The molecule has 0 aromatic heterocycles. The molecular weight excluding hydrogens is 670 g/mol. The third kappa shape index (κ3) is 7.17. The Labute approximate surface area is 272 Å². The van der Waals surface area contributed by atoms with Crippen LogP contribution in [0.2, 0.25) is 0 Å². The highest BCUT2D eigenvalue weighted by molar-refractivity contribution is 9.10. The van der Waals surface area contributed by atoms with Crippen LogP contribution in [0.25, 0.3) is 0 Å². The van der Waals surface area contributed by atoms with Crippen LogP contribution in [-0.4, -0.2) is 80.7 Å². The summed E-state index contributed by atoms with van der Waals surface area (Å²) >= 11 is 3.28. The predicted octanol–water partition coefficient (Wildman–Crippen LogP) is 3.52. The Kier molecular flexibility index (Phi) is 9.33. The van der Waals surface area contributed by atoms with Gasteiger partial charge in [0.25, 0.3) is 10.1 Å². The number of halogens is 1. The highest BCUT2D eigenvalue weighted by Crippen LogP contribution is 2.52. The number of rotatable bonds is 10. The van der Waals surface area contributed by atoms with Crippen molar-refractivity contribution >= 4 is 49.9 Å². The van der Waals surface area contributed by atoms with E-state index in [1.807, 2.05) is 6.92 Å². The fraction of sp³-hybridized carbons (Fsp3) is 0.677. The van der Waals surface area contributed by atoms with Crippen LogP contribution < -0.4 is 10.6 Å². The van der Waals surface area contributed by atoms with Gasteiger partial charge in [-0.05, 0) is 73.1 Å². The van der Waals surface area contributed by atoms with Crippen molar-refractivity contribution in [3.05, 3.63) is 28.7 Å². The molecule has 1 unspecified atom stereocenters. The highest BCUT2D eigenvalue weighted by Gasteiger charge is 2.62. The quantitative estimate of drug-likeness (QED) is 0.274. The zero-order valence-electron chi connectivity index (χ0n) is 26.2. The molecule has 0 spiro atoms. The Hall–Kier alpha value is -2.71. The van der Waals surface area contributed by atoms with Crippen molar-refractivity contribution in [3.8, 4) is 0 Å². The summed E-state index contributed by atoms with van der Waals surface area (Å²) in [5.74, 6) is -0.725. The van der Waals surface area contributed by atoms with Gasteiger partial charge >= 0.3 is 12.1 Å². The third-order valence-electron chi connectivity index (χ3n) is 9.56. The van der Waals surface area contributed by atoms with Crippen LogP contribution in [0.4, 0.5) is 4.79 Å². The van der Waals surface area contributed by atoms with Crippen molar-refractivity contribution in [2.75, 3.05) is 13.7 Å². The molecule has 1 saturated heterocycles. The third-order valence-corrected chi connectivity index (χ3v) is 11.5. The minimum absolute atomic E-state index is 0.0774. The minimum Gasteiger partial charge on any atom is -0.467 e. The fourth-order valence-corrected chi connectivity index (χ4v) is 8.17. The molecule has 45 heavy (non-hydrogen) atoms. The second-order valence-corrected chi connectivity index (χ2v) is 16.3. The number of esters is 1. The van der Waals surface area contributed by atoms with Crippen LogP contribution in [-0.2, 0) is 38.2 Å². The number of hydrogen-bond donors (Lipinski definition) is 2. The lowest BCUT2D eigenvalue weighted by molar-refractivity contribution is -0.148. The molecule has 4 fully saturated rings. The van der Waals surface area contributed by atoms with Gasteiger partial charge < -0.3 is 25.0 Å². The Bertz CT molecular complexity index is 1440. The highest BCUT2D eigenvalue weighted by atomic mass is 79.9. The lowest BCUT2D eigenvalue weighted by Crippen LogP contribution is -2.59. The maximum atomic E-state index is 14.2. The number of likely N-dealkylation sites (tertiary alicyclic amines) is 1. The first-order valence-corrected chi connectivity index (χ1v) is 17.6. The number of methoxy groups -OCH3 is 1. The molecule has 3 aliphatic carbocycles. The number of carbonyl (C=O) groups is 4. The molecular formula is C31H42BrN3O9S. The first-order valence-electron chi connectivity index (χ1n) is 15.4. The molecule has 1 aromatic rings. The second kappa shape index (κ2) is 12.5. The molecule has 3 amide bonds. The molecule has 5 rings (SSSR count). The van der Waals surface area contributed by atoms with E-state index in [1.54, 1.807) is 32.9 Å². The van der Waals surface area contributed by atoms with Gasteiger partial charge in [-0.15, -0.1) is 0 Å². The molecule has 0 bridgehead atoms. The maximum absolute atomic E-state index is 14.2. The van der Waals surface area contributed by atoms with Gasteiger partial charge in [0.1, 0.15) is 23.7 Å². The second-order valence-electron chi connectivity index (χ2n) is 13.8. The normalized spacial score (nSPS) is 31.0. The number of nitrogens with zero attached hydrogens (tertiary/aromatic N) is 1. The molecule has 1 heterocycles. The number of hydrogen-bond acceptors (Lipinski definition) is 9. The zero-order chi connectivity index (χ0) is 32.9. The largest absolute Gasteiger partial charge is 0.467 e. The molecule has 12 nitrogen and oxygen atoms in total. The molecule has 14 heteroatoms. The van der Waals surface area contributed by atoms with Gasteiger partial charge in [-0.25, -0.2) is 9.59 Å². The van der Waals surface area contributed by atoms with Crippen LogP contribution in [0.5, 0.6) is 0 Å². The van der Waals surface area contributed by atoms with E-state index in [-0.39, 0.29) is 29.9 Å². The number of carbonyl (C=O) groups excluding carboxylic acids is 4. The smallest absolute Gasteiger partial charge is 0.408 e. The van der Waals surface area contributed by atoms with Crippen molar-refractivity contribution < 1.29 is 41.3 Å². The minimum atomic E-state index is -4.25. The molecule has 3 saturated carbocycles. The Morgan fingerprint density at radius 3 is 2.24 bits per heavy atom. The van der Waals surface area contributed by atoms with Crippen LogP contribution in [0.1, 0.15) is 66.2 Å². The predicted molar refractivity (Wildman–Crippen MR) is 165 cm³/mol. The topological polar surface area (TPSA) is 157 Å². The van der Waals surface area contributed by atoms with Gasteiger partial charge in [-0.1, -0.05) is 50.0 Å². The molecule has 1 aliphatic heterocycles. The van der Waals surface area contributed by atoms with E-state index >= 15 is 0 Å². The van der Waals surface area contributed by atoms with E-state index in [2.05, 4.69) is 26.6 Å². The standard InChI is InChI=1S/C31H42BrN3O9S/c1-6-19-15-31(19,28(38)42-5)34-26(36)24-14-22(44-45(40,41)23-9-7-20(32)8-10-23)16-35(24)27(37)25(30(2,3)4)33-29(39)43-21-12-17-11-18(17)13-21/h7-10,17-19,21-22,24-25H,6,11-16H2,1-5H3,(H,33,39)(H,34,36)/t17-,18+,19-,21?,22+,24+,25-,31+/m1/s1. The molecule has 2 N–H and O–H groups in total. The summed E-state index contributed by atoms with van der Waals surface area (Å²) < 4.78 is 43.2. The van der Waals surface area contributed by atoms with E-state index in [4.69, 9.17) is 13.7 Å². The summed E-state index contributed by atoms with van der Waals surface area (Å²) in [6.45, 7) is 7.00. The number of fused-ring (bicyclic) bond motifs is 1. The van der Waals surface area contributed by atoms with Crippen LogP contribution in [0.3, 0.4) is 0 Å². The van der Waals surface area contributed by atoms with Crippen molar-refractivity contribution in [1.29, 1.82) is 0 Å². The molecule has 8 atom stereocenters. The Morgan fingerprint density at radius 2 is 1.69 bits per heavy atom. The Balaban J connectivity index is 1.37. The first-order chi connectivity index (χ1) is 21.1. The lowest BCUT2D eigenvalue weighted by Gasteiger charge is -2.35. The molecule has 4 aliphatic rings. The Morgan fingerprint density at radius 1 is 1.04 bits per heavy atom. The van der Waals surface area contributed by atoms with Crippen molar-refractivity contribution in [2.45, 2.75) is 101 Å². The summed E-state index contributed by atoms with van der Waals surface area (Å²) in [5.41, 5.74) is -2.01. The van der Waals surface area contributed by atoms with Crippen molar-refractivity contribution in [3.63, 3.8) is 0 Å². The first kappa shape index (κ1) is 33.6. The van der Waals surface area contributed by atoms with E-state index in [1.165, 1.54) is 30.6 Å². The van der Waals surface area contributed by atoms with E-state index in [0.717, 1.165) is 12.8 Å². The van der Waals surface area contributed by atoms with Crippen molar-refractivity contribution in [2.24, 2.45) is 23.2 Å². The average molecular weight is 713 g/mol. The van der Waals surface area contributed by atoms with Gasteiger partial charge in [0, 0.05) is 17.4 Å². The number of benzene rings is 1. The molecule has 248 valence electrons. The van der Waals surface area contributed by atoms with Crippen LogP contribution in [0, 0.1) is 23.2 Å². The van der Waals surface area contributed by atoms with E-state index < -0.39 is 63.1 Å². The number of nitrogens with one attached hydrogen (secondary N) is 2. The zero-order valence-corrected chi connectivity index (χ0v) is 28.6. The van der Waals surface area contributed by atoms with Gasteiger partial charge in [0.15, 0.2) is 0 Å². The van der Waals surface area contributed by atoms with Crippen LogP contribution in [0.15, 0.2) is 33.6 Å². The van der Waals surface area contributed by atoms with Crippen molar-refractivity contribution in [1.82, 2.24) is 15.5 Å². The summed E-state index contributed by atoms with van der Waals surface area (Å²) in [4.78, 5) is 54.9. The number of alkyl carbamates (subject to hydrolysis) is 1. The van der Waals surface area contributed by atoms with Gasteiger partial charge in [-0.3, -0.25) is 13.8 Å². The number of ether oxygens (including phenoxy) is 2. The molecule has 1 aromatic carbocycles. The van der Waals surface area contributed by atoms with E-state index in [9.17, 15) is 27.6 Å². The van der Waals surface area contributed by atoms with Gasteiger partial charge in [0.05, 0.1) is 18.1 Å². The SMILES string of the molecule is CC[C@@H]1C[C@@]1(NC(=O)[C@@H]1C[C@H](OS(=O)(=O)c2ccc(Br)cc2)CN1C(=O)[C@@H](NC(=O)OC1C[C@@H]2C[C@@H]2C1)C(C)(C)C)C(=O)OC. The average Bonchev–Trinajstić information content (AvgIpc) is 3.78. The summed E-state index contributed by atoms with van der Waals surface area (Å²) in [6, 6.07) is 3.63. The summed E-state index contributed by atoms with van der Waals surface area (Å²) in [5, 5.41) is 5.54. The van der Waals surface area contributed by atoms with Crippen LogP contribution >= 0.6 is 15.9 Å². The van der Waals surface area contributed by atoms with Gasteiger partial charge in [0.2, 0.25) is 11.8 Å².